The van der Waals surface area contributed by atoms with E-state index in [2.05, 4.69) is 55.8 Å². The second-order valence-corrected chi connectivity index (χ2v) is 5.28. The molecule has 0 saturated heterocycles. The van der Waals surface area contributed by atoms with Crippen LogP contribution in [-0.2, 0) is 0 Å². The van der Waals surface area contributed by atoms with Crippen molar-refractivity contribution in [2.45, 2.75) is 0 Å². The molecule has 0 amide bonds. The summed E-state index contributed by atoms with van der Waals surface area (Å²) in [5, 5.41) is 2.46. The van der Waals surface area contributed by atoms with Crippen LogP contribution >= 0.6 is 15.9 Å². The normalized spacial score (nSPS) is 11.6. The van der Waals surface area contributed by atoms with Crippen LogP contribution in [0.25, 0.3) is 27.3 Å². The highest BCUT2D eigenvalue weighted by Gasteiger charge is 2.06. The Morgan fingerprint density at radius 2 is 1.89 bits per heavy atom. The first-order valence-corrected chi connectivity index (χ1v) is 6.56. The van der Waals surface area contributed by atoms with E-state index in [1.54, 1.807) is 0 Å². The first-order valence-electron chi connectivity index (χ1n) is 5.77. The molecule has 0 N–H and O–H groups in total. The molecule has 4 rings (SSSR count). The highest BCUT2D eigenvalue weighted by Crippen LogP contribution is 2.27. The Hall–Kier alpha value is -1.87. The second kappa shape index (κ2) is 3.56. The number of hydrogen-bond acceptors (Lipinski definition) is 1. The summed E-state index contributed by atoms with van der Waals surface area (Å²) in [4.78, 5) is 4.52. The number of halogens is 1. The number of rotatable bonds is 0. The molecule has 2 aromatic heterocycles. The average Bonchev–Trinajstić information content (AvgIpc) is 2.76. The maximum atomic E-state index is 4.52. The van der Waals surface area contributed by atoms with Gasteiger partial charge in [-0.3, -0.25) is 4.98 Å². The maximum Gasteiger partial charge on any atom is 0.0870 e. The average molecular weight is 297 g/mol. The SMILES string of the molecule is Brc1ccc2c(c1)cn1c3ccccc3ncc21. The molecular weight excluding hydrogens is 288 g/mol. The fourth-order valence-electron chi connectivity index (χ4n) is 2.45. The van der Waals surface area contributed by atoms with E-state index in [1.807, 2.05) is 24.4 Å². The van der Waals surface area contributed by atoms with Crippen molar-refractivity contribution in [1.29, 1.82) is 0 Å². The van der Waals surface area contributed by atoms with E-state index in [9.17, 15) is 0 Å². The number of fused-ring (bicyclic) bond motifs is 5. The van der Waals surface area contributed by atoms with Crippen LogP contribution in [0, 0.1) is 0 Å². The largest absolute Gasteiger partial charge is 0.312 e. The molecular formula is C15H9BrN2. The van der Waals surface area contributed by atoms with E-state index in [-0.39, 0.29) is 0 Å². The van der Waals surface area contributed by atoms with Crippen molar-refractivity contribution in [3.63, 3.8) is 0 Å². The molecule has 0 atom stereocenters. The number of nitrogens with zero attached hydrogens (tertiary/aromatic N) is 2. The molecule has 2 heterocycles. The molecule has 0 radical (unpaired) electrons. The number of aromatic nitrogens is 2. The molecule has 4 aromatic rings. The summed E-state index contributed by atoms with van der Waals surface area (Å²) >= 11 is 3.51. The molecule has 0 aliphatic heterocycles. The van der Waals surface area contributed by atoms with E-state index < -0.39 is 0 Å². The van der Waals surface area contributed by atoms with Gasteiger partial charge >= 0.3 is 0 Å². The van der Waals surface area contributed by atoms with Crippen LogP contribution in [0.1, 0.15) is 0 Å². The minimum Gasteiger partial charge on any atom is -0.312 e. The second-order valence-electron chi connectivity index (χ2n) is 4.36. The Morgan fingerprint density at radius 1 is 1.00 bits per heavy atom. The van der Waals surface area contributed by atoms with Gasteiger partial charge < -0.3 is 4.40 Å². The van der Waals surface area contributed by atoms with Crippen molar-refractivity contribution < 1.29 is 0 Å². The number of benzene rings is 2. The Labute approximate surface area is 112 Å². The lowest BCUT2D eigenvalue weighted by atomic mass is 10.2. The van der Waals surface area contributed by atoms with Gasteiger partial charge in [-0.15, -0.1) is 0 Å². The first-order chi connectivity index (χ1) is 8.83. The fraction of sp³-hybridized carbons (Fsp3) is 0. The maximum absolute atomic E-state index is 4.52. The predicted octanol–water partition coefficient (Wildman–Crippen LogP) is 4.40. The van der Waals surface area contributed by atoms with Gasteiger partial charge in [0.2, 0.25) is 0 Å². The van der Waals surface area contributed by atoms with Gasteiger partial charge in [-0.2, -0.15) is 0 Å². The summed E-state index contributed by atoms with van der Waals surface area (Å²) in [6.45, 7) is 0. The molecule has 0 saturated carbocycles. The van der Waals surface area contributed by atoms with Crippen molar-refractivity contribution in [3.8, 4) is 0 Å². The molecule has 2 nitrogen and oxygen atoms in total. The zero-order valence-corrected chi connectivity index (χ0v) is 11.1. The predicted molar refractivity (Wildman–Crippen MR) is 77.9 cm³/mol. The minimum absolute atomic E-state index is 1.02. The molecule has 0 fully saturated rings. The topological polar surface area (TPSA) is 17.3 Å². The van der Waals surface area contributed by atoms with Crippen LogP contribution in [0.15, 0.2) is 59.3 Å². The van der Waals surface area contributed by atoms with Gasteiger partial charge in [0, 0.05) is 21.4 Å². The van der Waals surface area contributed by atoms with Crippen LogP contribution in [0.5, 0.6) is 0 Å². The van der Waals surface area contributed by atoms with Crippen molar-refractivity contribution in [2.24, 2.45) is 0 Å². The van der Waals surface area contributed by atoms with Crippen LogP contribution in [0.4, 0.5) is 0 Å². The third-order valence-electron chi connectivity index (χ3n) is 3.28. The van der Waals surface area contributed by atoms with Gasteiger partial charge in [0.05, 0.1) is 22.7 Å². The van der Waals surface area contributed by atoms with Gasteiger partial charge in [0.15, 0.2) is 0 Å². The minimum atomic E-state index is 1.02. The summed E-state index contributed by atoms with van der Waals surface area (Å²) < 4.78 is 3.31. The molecule has 0 spiro atoms. The summed E-state index contributed by atoms with van der Waals surface area (Å²) in [7, 11) is 0. The standard InChI is InChI=1S/C15H9BrN2/c16-11-5-6-12-10(7-11)9-18-14-4-2-1-3-13(14)17-8-15(12)18/h1-9H. The monoisotopic (exact) mass is 296 g/mol. The molecule has 18 heavy (non-hydrogen) atoms. The van der Waals surface area contributed by atoms with E-state index in [1.165, 1.54) is 10.8 Å². The summed E-state index contributed by atoms with van der Waals surface area (Å²) in [5.41, 5.74) is 3.31. The Balaban J connectivity index is 2.29. The molecule has 86 valence electrons. The number of para-hydroxylation sites is 2. The molecule has 3 heteroatoms. The van der Waals surface area contributed by atoms with E-state index in [0.717, 1.165) is 21.0 Å². The molecule has 2 aromatic carbocycles. The first kappa shape index (κ1) is 10.1. The van der Waals surface area contributed by atoms with Gasteiger partial charge in [-0.25, -0.2) is 0 Å². The lowest BCUT2D eigenvalue weighted by molar-refractivity contribution is 1.23. The lowest BCUT2D eigenvalue weighted by Crippen LogP contribution is -1.87. The highest BCUT2D eigenvalue weighted by atomic mass is 79.9. The number of hydrogen-bond donors (Lipinski definition) is 0. The third kappa shape index (κ3) is 1.31. The summed E-state index contributed by atoms with van der Waals surface area (Å²) in [6, 6.07) is 14.5. The van der Waals surface area contributed by atoms with Gasteiger partial charge in [0.25, 0.3) is 0 Å². The highest BCUT2D eigenvalue weighted by molar-refractivity contribution is 9.10. The van der Waals surface area contributed by atoms with E-state index >= 15 is 0 Å². The van der Waals surface area contributed by atoms with E-state index in [4.69, 9.17) is 0 Å². The van der Waals surface area contributed by atoms with Crippen molar-refractivity contribution in [2.75, 3.05) is 0 Å². The van der Waals surface area contributed by atoms with Gasteiger partial charge in [-0.1, -0.05) is 34.1 Å². The van der Waals surface area contributed by atoms with Crippen molar-refractivity contribution in [3.05, 3.63) is 59.3 Å². The van der Waals surface area contributed by atoms with E-state index in [0.29, 0.717) is 0 Å². The Bertz CT molecular complexity index is 893. The quantitative estimate of drug-likeness (QED) is 0.470. The van der Waals surface area contributed by atoms with Crippen LogP contribution < -0.4 is 0 Å². The lowest BCUT2D eigenvalue weighted by Gasteiger charge is -2.00. The third-order valence-corrected chi connectivity index (χ3v) is 3.78. The van der Waals surface area contributed by atoms with Crippen LogP contribution in [-0.4, -0.2) is 9.38 Å². The van der Waals surface area contributed by atoms with Crippen molar-refractivity contribution in [1.82, 2.24) is 9.38 Å². The van der Waals surface area contributed by atoms with Crippen molar-refractivity contribution >= 4 is 43.3 Å². The molecule has 0 aliphatic carbocycles. The summed E-state index contributed by atoms with van der Waals surface area (Å²) in [6.07, 6.45) is 4.11. The smallest absolute Gasteiger partial charge is 0.0870 e. The fourth-order valence-corrected chi connectivity index (χ4v) is 2.83. The molecule has 0 aliphatic rings. The van der Waals surface area contributed by atoms with Gasteiger partial charge in [0.1, 0.15) is 0 Å². The van der Waals surface area contributed by atoms with Crippen LogP contribution in [0.2, 0.25) is 0 Å². The molecule has 0 bridgehead atoms. The molecule has 0 unspecified atom stereocenters. The Morgan fingerprint density at radius 3 is 2.83 bits per heavy atom. The zero-order valence-electron chi connectivity index (χ0n) is 9.47. The Kier molecular flexibility index (Phi) is 2.00. The van der Waals surface area contributed by atoms with Crippen LogP contribution in [0.3, 0.4) is 0 Å². The van der Waals surface area contributed by atoms with Gasteiger partial charge in [-0.05, 0) is 24.3 Å². The zero-order chi connectivity index (χ0) is 12.1. The summed E-state index contributed by atoms with van der Waals surface area (Å²) in [5.74, 6) is 0.